The van der Waals surface area contributed by atoms with Crippen LogP contribution in [0, 0.1) is 28.9 Å². The van der Waals surface area contributed by atoms with Crippen molar-refractivity contribution in [2.75, 3.05) is 0 Å². The third-order valence-electron chi connectivity index (χ3n) is 2.33. The smallest absolute Gasteiger partial charge is 0.159 e. The molecule has 66 valence electrons. The summed E-state index contributed by atoms with van der Waals surface area (Å²) in [6.07, 6.45) is 0.765. The summed E-state index contributed by atoms with van der Waals surface area (Å²) in [6.45, 7) is 0. The van der Waals surface area contributed by atoms with Crippen molar-refractivity contribution in [1.82, 2.24) is 0 Å². The Morgan fingerprint density at radius 3 is 2.62 bits per heavy atom. The van der Waals surface area contributed by atoms with Crippen LogP contribution >= 0.6 is 0 Å². The predicted octanol–water partition coefficient (Wildman–Crippen LogP) is 2.59. The molecule has 1 nitrogen and oxygen atoms in total. The van der Waals surface area contributed by atoms with Crippen LogP contribution in [-0.2, 0) is 0 Å². The van der Waals surface area contributed by atoms with E-state index in [0.717, 1.165) is 18.1 Å². The number of benzene rings is 1. The number of hydrogen-bond acceptors (Lipinski definition) is 1. The maximum atomic E-state index is 12.7. The van der Waals surface area contributed by atoms with Gasteiger partial charge in [-0.3, -0.25) is 0 Å². The second kappa shape index (κ2) is 2.81. The Bertz CT molecular complexity index is 381. The van der Waals surface area contributed by atoms with Crippen LogP contribution < -0.4 is 0 Å². The van der Waals surface area contributed by atoms with Crippen LogP contribution in [0.25, 0.3) is 0 Å². The molecule has 2 rings (SSSR count). The summed E-state index contributed by atoms with van der Waals surface area (Å²) in [5.74, 6) is -1.57. The largest absolute Gasteiger partial charge is 0.204 e. The van der Waals surface area contributed by atoms with Gasteiger partial charge in [0.15, 0.2) is 11.6 Å². The van der Waals surface area contributed by atoms with E-state index in [9.17, 15) is 8.78 Å². The van der Waals surface area contributed by atoms with Crippen LogP contribution in [0.5, 0.6) is 0 Å². The van der Waals surface area contributed by atoms with E-state index in [1.54, 1.807) is 6.07 Å². The average molecular weight is 179 g/mol. The Morgan fingerprint density at radius 1 is 1.31 bits per heavy atom. The lowest BCUT2D eigenvalue weighted by Crippen LogP contribution is -1.88. The standard InChI is InChI=1S/C10H7F2N/c11-9-2-1-6(4-10(9)12)8-3-7(8)5-13/h1-2,4,7-8H,3H2/t7-,8-/m1/s1. The molecule has 0 saturated heterocycles. The maximum Gasteiger partial charge on any atom is 0.159 e. The summed E-state index contributed by atoms with van der Waals surface area (Å²) in [6, 6.07) is 5.93. The molecule has 1 aromatic rings. The molecule has 0 spiro atoms. The highest BCUT2D eigenvalue weighted by Gasteiger charge is 2.38. The zero-order valence-corrected chi connectivity index (χ0v) is 6.80. The molecule has 0 bridgehead atoms. The quantitative estimate of drug-likeness (QED) is 0.650. The van der Waals surface area contributed by atoms with Gasteiger partial charge in [-0.1, -0.05) is 6.07 Å². The van der Waals surface area contributed by atoms with Gasteiger partial charge < -0.3 is 0 Å². The average Bonchev–Trinajstić information content (AvgIpc) is 2.88. The van der Waals surface area contributed by atoms with Gasteiger partial charge in [-0.25, -0.2) is 8.78 Å². The summed E-state index contributed by atoms with van der Waals surface area (Å²) in [4.78, 5) is 0. The minimum Gasteiger partial charge on any atom is -0.204 e. The molecule has 1 aliphatic carbocycles. The summed E-state index contributed by atoms with van der Waals surface area (Å²) in [5.41, 5.74) is 0.727. The van der Waals surface area contributed by atoms with Crippen LogP contribution in [0.15, 0.2) is 18.2 Å². The second-order valence-corrected chi connectivity index (χ2v) is 3.25. The van der Waals surface area contributed by atoms with Crippen LogP contribution in [0.2, 0.25) is 0 Å². The van der Waals surface area contributed by atoms with Crippen molar-refractivity contribution in [2.45, 2.75) is 12.3 Å². The molecule has 0 aliphatic heterocycles. The molecule has 0 heterocycles. The summed E-state index contributed by atoms with van der Waals surface area (Å²) in [5, 5.41) is 8.54. The molecular formula is C10H7F2N. The van der Waals surface area contributed by atoms with Crippen molar-refractivity contribution in [3.05, 3.63) is 35.4 Å². The highest BCUT2D eigenvalue weighted by Crippen LogP contribution is 2.46. The van der Waals surface area contributed by atoms with Gasteiger partial charge in [0, 0.05) is 5.92 Å². The molecule has 1 saturated carbocycles. The van der Waals surface area contributed by atoms with Crippen LogP contribution in [0.4, 0.5) is 8.78 Å². The SMILES string of the molecule is N#C[C@H]1C[C@@H]1c1ccc(F)c(F)c1. The molecule has 0 N–H and O–H groups in total. The van der Waals surface area contributed by atoms with E-state index in [2.05, 4.69) is 6.07 Å². The minimum absolute atomic E-state index is 0.00939. The zero-order valence-electron chi connectivity index (χ0n) is 6.80. The molecule has 1 aromatic carbocycles. The van der Waals surface area contributed by atoms with Gasteiger partial charge in [0.1, 0.15) is 0 Å². The molecule has 13 heavy (non-hydrogen) atoms. The first-order chi connectivity index (χ1) is 6.22. The molecule has 0 radical (unpaired) electrons. The minimum atomic E-state index is -0.835. The van der Waals surface area contributed by atoms with E-state index in [4.69, 9.17) is 5.26 Å². The first kappa shape index (κ1) is 8.18. The Hall–Kier alpha value is -1.43. The molecule has 0 aromatic heterocycles. The third kappa shape index (κ3) is 1.40. The van der Waals surface area contributed by atoms with Gasteiger partial charge in [-0.05, 0) is 24.1 Å². The van der Waals surface area contributed by atoms with Crippen molar-refractivity contribution < 1.29 is 8.78 Å². The zero-order chi connectivity index (χ0) is 9.42. The fraction of sp³-hybridized carbons (Fsp3) is 0.300. The Kier molecular flexibility index (Phi) is 1.77. The molecule has 1 fully saturated rings. The Labute approximate surface area is 74.6 Å². The number of nitrogens with zero attached hydrogens (tertiary/aromatic N) is 1. The lowest BCUT2D eigenvalue weighted by Gasteiger charge is -1.98. The first-order valence-electron chi connectivity index (χ1n) is 4.07. The highest BCUT2D eigenvalue weighted by molar-refractivity contribution is 5.29. The third-order valence-corrected chi connectivity index (χ3v) is 2.33. The van der Waals surface area contributed by atoms with E-state index in [-0.39, 0.29) is 11.8 Å². The Morgan fingerprint density at radius 2 is 2.08 bits per heavy atom. The molecule has 0 amide bonds. The molecule has 1 aliphatic rings. The van der Waals surface area contributed by atoms with Crippen molar-refractivity contribution in [2.24, 2.45) is 5.92 Å². The van der Waals surface area contributed by atoms with E-state index >= 15 is 0 Å². The van der Waals surface area contributed by atoms with Gasteiger partial charge in [-0.15, -0.1) is 0 Å². The van der Waals surface area contributed by atoms with Gasteiger partial charge in [-0.2, -0.15) is 5.26 Å². The van der Waals surface area contributed by atoms with E-state index in [1.165, 1.54) is 6.07 Å². The van der Waals surface area contributed by atoms with E-state index in [0.29, 0.717) is 0 Å². The van der Waals surface area contributed by atoms with Crippen molar-refractivity contribution in [1.29, 1.82) is 5.26 Å². The Balaban J connectivity index is 2.25. The van der Waals surface area contributed by atoms with E-state index < -0.39 is 11.6 Å². The number of hydrogen-bond donors (Lipinski definition) is 0. The van der Waals surface area contributed by atoms with Crippen molar-refractivity contribution in [3.63, 3.8) is 0 Å². The monoisotopic (exact) mass is 179 g/mol. The molecule has 3 heteroatoms. The molecule has 0 unspecified atom stereocenters. The normalized spacial score (nSPS) is 25.3. The highest BCUT2D eigenvalue weighted by atomic mass is 19.2. The van der Waals surface area contributed by atoms with Gasteiger partial charge in [0.05, 0.1) is 12.0 Å². The van der Waals surface area contributed by atoms with Gasteiger partial charge in [0.25, 0.3) is 0 Å². The summed E-state index contributed by atoms with van der Waals surface area (Å²) >= 11 is 0. The lowest BCUT2D eigenvalue weighted by molar-refractivity contribution is 0.507. The molecule has 2 atom stereocenters. The van der Waals surface area contributed by atoms with Crippen molar-refractivity contribution in [3.8, 4) is 6.07 Å². The van der Waals surface area contributed by atoms with Crippen LogP contribution in [0.1, 0.15) is 17.9 Å². The van der Waals surface area contributed by atoms with Crippen LogP contribution in [0.3, 0.4) is 0 Å². The van der Waals surface area contributed by atoms with Gasteiger partial charge in [0.2, 0.25) is 0 Å². The fourth-order valence-electron chi connectivity index (χ4n) is 1.45. The van der Waals surface area contributed by atoms with Gasteiger partial charge >= 0.3 is 0 Å². The van der Waals surface area contributed by atoms with E-state index in [1.807, 2.05) is 0 Å². The summed E-state index contributed by atoms with van der Waals surface area (Å²) in [7, 11) is 0. The first-order valence-corrected chi connectivity index (χ1v) is 4.07. The van der Waals surface area contributed by atoms with Crippen LogP contribution in [-0.4, -0.2) is 0 Å². The maximum absolute atomic E-state index is 12.7. The lowest BCUT2D eigenvalue weighted by atomic mass is 10.1. The summed E-state index contributed by atoms with van der Waals surface area (Å²) < 4.78 is 25.3. The number of rotatable bonds is 1. The number of nitriles is 1. The molecular weight excluding hydrogens is 172 g/mol. The topological polar surface area (TPSA) is 23.8 Å². The predicted molar refractivity (Wildman–Crippen MR) is 42.8 cm³/mol. The fourth-order valence-corrected chi connectivity index (χ4v) is 1.45. The van der Waals surface area contributed by atoms with Crippen molar-refractivity contribution >= 4 is 0 Å². The second-order valence-electron chi connectivity index (χ2n) is 3.25. The number of halogens is 2.